The maximum Gasteiger partial charge on any atom is 0.231 e. The molecule has 0 spiro atoms. The topological polar surface area (TPSA) is 51.0 Å². The van der Waals surface area contributed by atoms with Gasteiger partial charge in [0.25, 0.3) is 0 Å². The predicted octanol–water partition coefficient (Wildman–Crippen LogP) is 5.06. The van der Waals surface area contributed by atoms with Crippen LogP contribution in [-0.4, -0.2) is 9.97 Å². The third-order valence-corrected chi connectivity index (χ3v) is 4.04. The second-order valence-corrected chi connectivity index (χ2v) is 5.69. The van der Waals surface area contributed by atoms with Gasteiger partial charge in [0, 0.05) is 11.6 Å². The van der Waals surface area contributed by atoms with Crippen LogP contribution >= 0.6 is 0 Å². The summed E-state index contributed by atoms with van der Waals surface area (Å²) in [4.78, 5) is 8.65. The van der Waals surface area contributed by atoms with Crippen LogP contribution in [0.3, 0.4) is 0 Å². The molecule has 0 bridgehead atoms. The fourth-order valence-electron chi connectivity index (χ4n) is 2.75. The van der Waals surface area contributed by atoms with Crippen LogP contribution in [0.5, 0.6) is 0 Å². The van der Waals surface area contributed by atoms with Gasteiger partial charge < -0.3 is 9.73 Å². The zero-order valence-electron chi connectivity index (χ0n) is 13.3. The van der Waals surface area contributed by atoms with E-state index in [1.54, 1.807) is 0 Å². The Morgan fingerprint density at radius 2 is 1.62 bits per heavy atom. The Kier molecular flexibility index (Phi) is 3.71. The largest absolute Gasteiger partial charge is 0.438 e. The molecular formula is C20H17N3O. The van der Waals surface area contributed by atoms with Crippen LogP contribution in [0.4, 0.5) is 5.82 Å². The van der Waals surface area contributed by atoms with Crippen molar-refractivity contribution in [2.24, 2.45) is 0 Å². The molecule has 0 aliphatic carbocycles. The molecule has 1 N–H and O–H groups in total. The van der Waals surface area contributed by atoms with E-state index in [4.69, 9.17) is 4.42 Å². The number of benzene rings is 2. The first-order valence-corrected chi connectivity index (χ1v) is 7.93. The molecule has 4 nitrogen and oxygen atoms in total. The van der Waals surface area contributed by atoms with Gasteiger partial charge in [-0.3, -0.25) is 0 Å². The monoisotopic (exact) mass is 315 g/mol. The summed E-state index contributed by atoms with van der Waals surface area (Å²) in [5.74, 6) is 1.57. The summed E-state index contributed by atoms with van der Waals surface area (Å²) < 4.78 is 5.89. The lowest BCUT2D eigenvalue weighted by atomic mass is 10.1. The van der Waals surface area contributed by atoms with E-state index in [9.17, 15) is 0 Å². The molecule has 4 aromatic rings. The highest BCUT2D eigenvalue weighted by Crippen LogP contribution is 2.31. The van der Waals surface area contributed by atoms with E-state index in [2.05, 4.69) is 34.3 Å². The molecule has 118 valence electrons. The molecule has 0 saturated carbocycles. The van der Waals surface area contributed by atoms with Crippen LogP contribution in [0.2, 0.25) is 0 Å². The van der Waals surface area contributed by atoms with Gasteiger partial charge in [-0.25, -0.2) is 9.97 Å². The van der Waals surface area contributed by atoms with Gasteiger partial charge in [0.2, 0.25) is 5.71 Å². The molecule has 0 saturated heterocycles. The predicted molar refractivity (Wildman–Crippen MR) is 95.7 cm³/mol. The minimum absolute atomic E-state index is 0.138. The number of hydrogen-bond acceptors (Lipinski definition) is 4. The van der Waals surface area contributed by atoms with Crippen molar-refractivity contribution in [3.8, 4) is 11.3 Å². The number of rotatable bonds is 4. The Bertz CT molecular complexity index is 948. The standard InChI is InChI=1S/C20H17N3O/c1-14(15-8-4-2-5-9-15)23-19-17-12-18(16-10-6-3-7-11-16)24-20(17)22-13-21-19/h2-14H,1H3,(H,21,22,23)/t14-/m1/s1. The van der Waals surface area contributed by atoms with E-state index in [-0.39, 0.29) is 6.04 Å². The summed E-state index contributed by atoms with van der Waals surface area (Å²) >= 11 is 0. The number of furan rings is 1. The lowest BCUT2D eigenvalue weighted by Gasteiger charge is -2.14. The van der Waals surface area contributed by atoms with Gasteiger partial charge in [0.05, 0.1) is 5.39 Å². The van der Waals surface area contributed by atoms with E-state index < -0.39 is 0 Å². The lowest BCUT2D eigenvalue weighted by molar-refractivity contribution is 0.617. The van der Waals surface area contributed by atoms with Gasteiger partial charge in [-0.2, -0.15) is 0 Å². The molecular weight excluding hydrogens is 298 g/mol. The van der Waals surface area contributed by atoms with Crippen molar-refractivity contribution in [2.75, 3.05) is 5.32 Å². The van der Waals surface area contributed by atoms with Crippen LogP contribution in [0.25, 0.3) is 22.4 Å². The lowest BCUT2D eigenvalue weighted by Crippen LogP contribution is -2.08. The summed E-state index contributed by atoms with van der Waals surface area (Å²) in [7, 11) is 0. The van der Waals surface area contributed by atoms with Crippen LogP contribution in [0.15, 0.2) is 77.5 Å². The van der Waals surface area contributed by atoms with Crippen molar-refractivity contribution in [2.45, 2.75) is 13.0 Å². The van der Waals surface area contributed by atoms with Crippen molar-refractivity contribution in [1.82, 2.24) is 9.97 Å². The highest BCUT2D eigenvalue weighted by atomic mass is 16.3. The molecule has 0 amide bonds. The molecule has 4 heteroatoms. The first-order valence-electron chi connectivity index (χ1n) is 7.93. The summed E-state index contributed by atoms with van der Waals surface area (Å²) in [5.41, 5.74) is 2.82. The maximum absolute atomic E-state index is 5.89. The molecule has 1 atom stereocenters. The molecule has 2 aromatic carbocycles. The van der Waals surface area contributed by atoms with Crippen molar-refractivity contribution >= 4 is 16.9 Å². The molecule has 0 aliphatic rings. The van der Waals surface area contributed by atoms with Crippen LogP contribution < -0.4 is 5.32 Å². The highest BCUT2D eigenvalue weighted by Gasteiger charge is 2.14. The number of anilines is 1. The zero-order valence-corrected chi connectivity index (χ0v) is 13.3. The summed E-state index contributed by atoms with van der Waals surface area (Å²) in [6.07, 6.45) is 1.53. The fourth-order valence-corrected chi connectivity index (χ4v) is 2.75. The third kappa shape index (κ3) is 2.74. The average Bonchev–Trinajstić information content (AvgIpc) is 3.08. The quantitative estimate of drug-likeness (QED) is 0.571. The number of nitrogens with zero attached hydrogens (tertiary/aromatic N) is 2. The van der Waals surface area contributed by atoms with Crippen LogP contribution in [0.1, 0.15) is 18.5 Å². The smallest absolute Gasteiger partial charge is 0.231 e. The van der Waals surface area contributed by atoms with E-state index in [0.29, 0.717) is 5.71 Å². The number of hydrogen-bond donors (Lipinski definition) is 1. The van der Waals surface area contributed by atoms with E-state index in [1.165, 1.54) is 11.9 Å². The Morgan fingerprint density at radius 3 is 2.38 bits per heavy atom. The van der Waals surface area contributed by atoms with Crippen molar-refractivity contribution in [1.29, 1.82) is 0 Å². The third-order valence-electron chi connectivity index (χ3n) is 4.04. The number of aromatic nitrogens is 2. The van der Waals surface area contributed by atoms with Gasteiger partial charge in [-0.1, -0.05) is 60.7 Å². The zero-order chi connectivity index (χ0) is 16.4. The normalized spacial score (nSPS) is 12.2. The second-order valence-electron chi connectivity index (χ2n) is 5.69. The summed E-state index contributed by atoms with van der Waals surface area (Å²) in [6, 6.07) is 22.4. The van der Waals surface area contributed by atoms with Gasteiger partial charge in [0.15, 0.2) is 0 Å². The summed E-state index contributed by atoms with van der Waals surface area (Å²) in [6.45, 7) is 2.11. The number of nitrogens with one attached hydrogen (secondary N) is 1. The molecule has 0 radical (unpaired) electrons. The van der Waals surface area contributed by atoms with Crippen LogP contribution in [-0.2, 0) is 0 Å². The molecule has 0 fully saturated rings. The van der Waals surface area contributed by atoms with E-state index in [1.807, 2.05) is 54.6 Å². The van der Waals surface area contributed by atoms with E-state index in [0.717, 1.165) is 22.5 Å². The molecule has 2 heterocycles. The highest BCUT2D eigenvalue weighted by molar-refractivity contribution is 5.89. The minimum Gasteiger partial charge on any atom is -0.438 e. The molecule has 0 unspecified atom stereocenters. The Morgan fingerprint density at radius 1 is 0.917 bits per heavy atom. The minimum atomic E-state index is 0.138. The Labute approximate surface area is 140 Å². The molecule has 0 aliphatic heterocycles. The Hall–Kier alpha value is -3.14. The first-order chi connectivity index (χ1) is 11.8. The molecule has 4 rings (SSSR count). The second kappa shape index (κ2) is 6.16. The van der Waals surface area contributed by atoms with E-state index >= 15 is 0 Å². The van der Waals surface area contributed by atoms with Gasteiger partial charge in [0.1, 0.15) is 17.9 Å². The van der Waals surface area contributed by atoms with Crippen molar-refractivity contribution < 1.29 is 4.42 Å². The number of fused-ring (bicyclic) bond motifs is 1. The Balaban J connectivity index is 1.70. The van der Waals surface area contributed by atoms with Crippen LogP contribution in [0, 0.1) is 0 Å². The van der Waals surface area contributed by atoms with Gasteiger partial charge in [-0.15, -0.1) is 0 Å². The van der Waals surface area contributed by atoms with Gasteiger partial charge in [-0.05, 0) is 18.6 Å². The average molecular weight is 315 g/mol. The SMILES string of the molecule is C[C@@H](Nc1ncnc2oc(-c3ccccc3)cc12)c1ccccc1. The van der Waals surface area contributed by atoms with Gasteiger partial charge >= 0.3 is 0 Å². The van der Waals surface area contributed by atoms with Crippen molar-refractivity contribution in [3.63, 3.8) is 0 Å². The maximum atomic E-state index is 5.89. The summed E-state index contributed by atoms with van der Waals surface area (Å²) in [5, 5.41) is 4.34. The first kappa shape index (κ1) is 14.5. The molecule has 24 heavy (non-hydrogen) atoms. The fraction of sp³-hybridized carbons (Fsp3) is 0.100. The molecule has 2 aromatic heterocycles. The van der Waals surface area contributed by atoms with Crippen molar-refractivity contribution in [3.05, 3.63) is 78.6 Å².